The molecule has 0 saturated heterocycles. The lowest BCUT2D eigenvalue weighted by Gasteiger charge is -2.02. The Bertz CT molecular complexity index is 915. The second-order valence-corrected chi connectivity index (χ2v) is 5.65. The molecule has 2 heterocycles. The van der Waals surface area contributed by atoms with E-state index in [1.807, 2.05) is 30.3 Å². The molecule has 0 aliphatic heterocycles. The van der Waals surface area contributed by atoms with Gasteiger partial charge in [-0.05, 0) is 12.5 Å². The molecule has 0 aliphatic carbocycles. The number of Topliss-reactive ketones (excluding diaryl/α,β-unsaturated/α-hetero) is 1. The highest BCUT2D eigenvalue weighted by Crippen LogP contribution is 2.19. The summed E-state index contributed by atoms with van der Waals surface area (Å²) in [7, 11) is 0. The molecule has 0 fully saturated rings. The third-order valence-electron chi connectivity index (χ3n) is 3.62. The Labute approximate surface area is 137 Å². The molecule has 23 heavy (non-hydrogen) atoms. The fraction of sp³-hybridized carbons (Fsp3) is 0.250. The zero-order valence-electron chi connectivity index (χ0n) is 12.6. The van der Waals surface area contributed by atoms with Crippen LogP contribution < -0.4 is 5.69 Å². The van der Waals surface area contributed by atoms with Crippen LogP contribution in [0.3, 0.4) is 0 Å². The van der Waals surface area contributed by atoms with Crippen molar-refractivity contribution in [3.8, 4) is 0 Å². The lowest BCUT2D eigenvalue weighted by Crippen LogP contribution is -2.25. The maximum Gasteiger partial charge on any atom is 0.330 e. The van der Waals surface area contributed by atoms with Gasteiger partial charge in [0.15, 0.2) is 10.8 Å². The van der Waals surface area contributed by atoms with E-state index in [0.29, 0.717) is 17.7 Å². The molecule has 0 aliphatic rings. The molecule has 0 bridgehead atoms. The van der Waals surface area contributed by atoms with Gasteiger partial charge in [-0.2, -0.15) is 0 Å². The van der Waals surface area contributed by atoms with Crippen LogP contribution in [0.1, 0.15) is 18.9 Å². The van der Waals surface area contributed by atoms with Gasteiger partial charge in [-0.1, -0.05) is 41.9 Å². The number of aromatic nitrogens is 4. The summed E-state index contributed by atoms with van der Waals surface area (Å²) in [5.41, 5.74) is 1.68. The van der Waals surface area contributed by atoms with E-state index in [1.165, 1.54) is 17.8 Å². The number of rotatable bonds is 5. The van der Waals surface area contributed by atoms with Gasteiger partial charge < -0.3 is 0 Å². The second-order valence-electron chi connectivity index (χ2n) is 5.29. The third kappa shape index (κ3) is 3.03. The van der Waals surface area contributed by atoms with Crippen molar-refractivity contribution >= 4 is 28.5 Å². The number of ketones is 1. The number of carbonyl (C=O) groups is 1. The molecular weight excluding hydrogens is 316 g/mol. The topological polar surface area (TPSA) is 69.8 Å². The van der Waals surface area contributed by atoms with E-state index in [0.717, 1.165) is 5.56 Å². The van der Waals surface area contributed by atoms with Crippen molar-refractivity contribution < 1.29 is 4.79 Å². The Morgan fingerprint density at radius 2 is 1.91 bits per heavy atom. The zero-order chi connectivity index (χ0) is 16.4. The summed E-state index contributed by atoms with van der Waals surface area (Å²) in [5, 5.41) is 0.211. The van der Waals surface area contributed by atoms with Gasteiger partial charge in [0.2, 0.25) is 0 Å². The minimum absolute atomic E-state index is 0.00818. The second kappa shape index (κ2) is 6.34. The molecule has 0 atom stereocenters. The molecule has 0 N–H and O–H groups in total. The lowest BCUT2D eigenvalue weighted by molar-refractivity contribution is -0.117. The van der Waals surface area contributed by atoms with Crippen molar-refractivity contribution in [2.75, 3.05) is 0 Å². The standard InChI is InChI=1S/C16H15ClN4O2/c1-11(22)7-8-20-13-14(17)18-10-19-15(13)21(16(20)23)9-12-5-3-2-4-6-12/h2-6,10H,7-9H2,1H3. The Morgan fingerprint density at radius 1 is 1.17 bits per heavy atom. The smallest absolute Gasteiger partial charge is 0.300 e. The minimum Gasteiger partial charge on any atom is -0.300 e. The van der Waals surface area contributed by atoms with Crippen molar-refractivity contribution in [2.45, 2.75) is 26.4 Å². The van der Waals surface area contributed by atoms with Crippen LogP contribution in [0.4, 0.5) is 0 Å². The number of fused-ring (bicyclic) bond motifs is 1. The summed E-state index contributed by atoms with van der Waals surface area (Å²) < 4.78 is 3.03. The van der Waals surface area contributed by atoms with Crippen molar-refractivity contribution in [1.82, 2.24) is 19.1 Å². The molecule has 0 radical (unpaired) electrons. The highest BCUT2D eigenvalue weighted by molar-refractivity contribution is 6.33. The number of aryl methyl sites for hydroxylation is 1. The van der Waals surface area contributed by atoms with E-state index >= 15 is 0 Å². The normalized spacial score (nSPS) is 11.0. The van der Waals surface area contributed by atoms with Crippen molar-refractivity contribution in [1.29, 1.82) is 0 Å². The average molecular weight is 331 g/mol. The van der Waals surface area contributed by atoms with Crippen LogP contribution in [0.5, 0.6) is 0 Å². The monoisotopic (exact) mass is 330 g/mol. The van der Waals surface area contributed by atoms with E-state index < -0.39 is 0 Å². The summed E-state index contributed by atoms with van der Waals surface area (Å²) in [4.78, 5) is 32.2. The first kappa shape index (κ1) is 15.4. The fourth-order valence-electron chi connectivity index (χ4n) is 2.50. The number of benzene rings is 1. The minimum atomic E-state index is -0.243. The van der Waals surface area contributed by atoms with E-state index in [-0.39, 0.29) is 29.6 Å². The van der Waals surface area contributed by atoms with Crippen molar-refractivity contribution in [3.63, 3.8) is 0 Å². The quantitative estimate of drug-likeness (QED) is 0.673. The maximum atomic E-state index is 12.7. The fourth-order valence-corrected chi connectivity index (χ4v) is 2.73. The SMILES string of the molecule is CC(=O)CCn1c(=O)n(Cc2ccccc2)c2ncnc(Cl)c21. The highest BCUT2D eigenvalue weighted by atomic mass is 35.5. The van der Waals surface area contributed by atoms with Crippen molar-refractivity contribution in [3.05, 3.63) is 57.9 Å². The predicted molar refractivity (Wildman–Crippen MR) is 87.6 cm³/mol. The first-order chi connectivity index (χ1) is 11.1. The molecule has 6 nitrogen and oxygen atoms in total. The van der Waals surface area contributed by atoms with Gasteiger partial charge in [-0.3, -0.25) is 13.9 Å². The lowest BCUT2D eigenvalue weighted by atomic mass is 10.2. The molecule has 118 valence electrons. The van der Waals surface area contributed by atoms with Crippen LogP contribution in [0.2, 0.25) is 5.15 Å². The largest absolute Gasteiger partial charge is 0.330 e. The van der Waals surface area contributed by atoms with Crippen LogP contribution in [0, 0.1) is 0 Å². The van der Waals surface area contributed by atoms with E-state index in [2.05, 4.69) is 9.97 Å². The molecule has 2 aromatic heterocycles. The number of hydrogen-bond donors (Lipinski definition) is 0. The van der Waals surface area contributed by atoms with Crippen molar-refractivity contribution in [2.24, 2.45) is 0 Å². The zero-order valence-corrected chi connectivity index (χ0v) is 13.3. The van der Waals surface area contributed by atoms with Gasteiger partial charge in [0, 0.05) is 13.0 Å². The molecular formula is C16H15ClN4O2. The van der Waals surface area contributed by atoms with Crippen LogP contribution >= 0.6 is 11.6 Å². The molecule has 3 aromatic rings. The summed E-state index contributed by atoms with van der Waals surface area (Å²) in [6.45, 7) is 2.14. The van der Waals surface area contributed by atoms with Crippen LogP contribution in [-0.2, 0) is 17.9 Å². The molecule has 0 amide bonds. The van der Waals surface area contributed by atoms with Gasteiger partial charge in [0.05, 0.1) is 6.54 Å². The van der Waals surface area contributed by atoms with Gasteiger partial charge >= 0.3 is 5.69 Å². The Morgan fingerprint density at radius 3 is 2.61 bits per heavy atom. The van der Waals surface area contributed by atoms with E-state index in [4.69, 9.17) is 11.6 Å². The van der Waals surface area contributed by atoms with Gasteiger partial charge in [0.1, 0.15) is 17.6 Å². The number of imidazole rings is 1. The van der Waals surface area contributed by atoms with Gasteiger partial charge in [0.25, 0.3) is 0 Å². The third-order valence-corrected chi connectivity index (χ3v) is 3.89. The molecule has 7 heteroatoms. The summed E-state index contributed by atoms with van der Waals surface area (Å²) >= 11 is 6.16. The molecule has 1 aromatic carbocycles. The number of hydrogen-bond acceptors (Lipinski definition) is 4. The Balaban J connectivity index is 2.14. The van der Waals surface area contributed by atoms with Gasteiger partial charge in [-0.25, -0.2) is 14.8 Å². The summed E-state index contributed by atoms with van der Waals surface area (Å²) in [5.74, 6) is 0.00818. The number of carbonyl (C=O) groups excluding carboxylic acids is 1. The van der Waals surface area contributed by atoms with E-state index in [9.17, 15) is 9.59 Å². The molecule has 0 spiro atoms. The molecule has 0 unspecified atom stereocenters. The summed E-state index contributed by atoms with van der Waals surface area (Å²) in [6, 6.07) is 9.62. The Hall–Kier alpha value is -2.47. The average Bonchev–Trinajstić information content (AvgIpc) is 2.80. The van der Waals surface area contributed by atoms with Crippen LogP contribution in [0.25, 0.3) is 11.2 Å². The first-order valence-electron chi connectivity index (χ1n) is 7.21. The number of halogens is 1. The van der Waals surface area contributed by atoms with Crippen LogP contribution in [0.15, 0.2) is 41.5 Å². The van der Waals surface area contributed by atoms with E-state index in [1.54, 1.807) is 4.57 Å². The summed E-state index contributed by atoms with van der Waals surface area (Å²) in [6.07, 6.45) is 1.59. The molecule has 0 saturated carbocycles. The van der Waals surface area contributed by atoms with Crippen LogP contribution in [-0.4, -0.2) is 24.9 Å². The maximum absolute atomic E-state index is 12.7. The first-order valence-corrected chi connectivity index (χ1v) is 7.58. The predicted octanol–water partition coefficient (Wildman–Crippen LogP) is 2.27. The number of nitrogens with zero attached hydrogens (tertiary/aromatic N) is 4. The molecule has 3 rings (SSSR count). The Kier molecular flexibility index (Phi) is 4.25. The highest BCUT2D eigenvalue weighted by Gasteiger charge is 2.18. The van der Waals surface area contributed by atoms with Gasteiger partial charge in [-0.15, -0.1) is 0 Å².